The number of piperazine rings is 1. The number of halogens is 3. The third-order valence-corrected chi connectivity index (χ3v) is 7.88. The molecule has 5 nitrogen and oxygen atoms in total. The molecule has 8 heteroatoms. The summed E-state index contributed by atoms with van der Waals surface area (Å²) in [5, 5.41) is 3.78. The predicted molar refractivity (Wildman–Crippen MR) is 122 cm³/mol. The highest BCUT2D eigenvalue weighted by Gasteiger charge is 2.49. The van der Waals surface area contributed by atoms with Crippen molar-refractivity contribution >= 4 is 11.6 Å². The van der Waals surface area contributed by atoms with Crippen LogP contribution in [0.25, 0.3) is 0 Å². The van der Waals surface area contributed by atoms with Gasteiger partial charge in [0.15, 0.2) is 0 Å². The Morgan fingerprint density at radius 1 is 1.09 bits per heavy atom. The van der Waals surface area contributed by atoms with Gasteiger partial charge in [-0.05, 0) is 56.2 Å². The van der Waals surface area contributed by atoms with Gasteiger partial charge in [0.2, 0.25) is 5.91 Å². The van der Waals surface area contributed by atoms with E-state index in [0.717, 1.165) is 51.4 Å². The summed E-state index contributed by atoms with van der Waals surface area (Å²) in [7, 11) is 0. The number of alkyl halides is 3. The summed E-state index contributed by atoms with van der Waals surface area (Å²) in [6.45, 7) is 8.07. The molecule has 2 aliphatic heterocycles. The topological polar surface area (TPSA) is 44.8 Å². The van der Waals surface area contributed by atoms with Gasteiger partial charge in [-0.1, -0.05) is 19.9 Å². The molecule has 1 aromatic rings. The van der Waals surface area contributed by atoms with Gasteiger partial charge in [-0.25, -0.2) is 0 Å². The van der Waals surface area contributed by atoms with E-state index in [1.807, 2.05) is 9.80 Å². The van der Waals surface area contributed by atoms with E-state index in [0.29, 0.717) is 44.0 Å². The molecule has 184 valence electrons. The Kier molecular flexibility index (Phi) is 7.24. The highest BCUT2D eigenvalue weighted by molar-refractivity contribution is 5.84. The maximum atomic E-state index is 13.7. The molecule has 2 saturated heterocycles. The van der Waals surface area contributed by atoms with E-state index in [4.69, 9.17) is 4.74 Å². The average molecular weight is 468 g/mol. The molecular formula is C25H36F3N3O2. The van der Waals surface area contributed by atoms with Crippen molar-refractivity contribution in [3.8, 4) is 0 Å². The second kappa shape index (κ2) is 9.82. The molecule has 1 saturated carbocycles. The van der Waals surface area contributed by atoms with Crippen molar-refractivity contribution in [1.82, 2.24) is 10.2 Å². The number of benzene rings is 1. The summed E-state index contributed by atoms with van der Waals surface area (Å²) < 4.78 is 44.7. The lowest BCUT2D eigenvalue weighted by Gasteiger charge is -2.42. The Labute approximate surface area is 194 Å². The highest BCUT2D eigenvalue weighted by Crippen LogP contribution is 2.46. The maximum absolute atomic E-state index is 13.7. The van der Waals surface area contributed by atoms with Gasteiger partial charge in [0, 0.05) is 57.2 Å². The van der Waals surface area contributed by atoms with Gasteiger partial charge in [-0.3, -0.25) is 4.79 Å². The summed E-state index contributed by atoms with van der Waals surface area (Å²) in [5.41, 5.74) is -0.426. The molecule has 3 fully saturated rings. The molecule has 1 aromatic carbocycles. The summed E-state index contributed by atoms with van der Waals surface area (Å²) in [5.74, 6) is 0.463. The molecule has 3 aliphatic rings. The number of carbonyl (C=O) groups is 1. The summed E-state index contributed by atoms with van der Waals surface area (Å²) >= 11 is 0. The summed E-state index contributed by atoms with van der Waals surface area (Å²) in [4.78, 5) is 17.6. The minimum atomic E-state index is -4.35. The molecule has 2 unspecified atom stereocenters. The normalized spacial score (nSPS) is 27.4. The molecule has 0 spiro atoms. The summed E-state index contributed by atoms with van der Waals surface area (Å²) in [6.07, 6.45) is 0.445. The van der Waals surface area contributed by atoms with Crippen molar-refractivity contribution in [2.45, 2.75) is 64.2 Å². The lowest BCUT2D eigenvalue weighted by Crippen LogP contribution is -2.54. The molecule has 33 heavy (non-hydrogen) atoms. The summed E-state index contributed by atoms with van der Waals surface area (Å²) in [6, 6.07) is 6.29. The highest BCUT2D eigenvalue weighted by atomic mass is 19.4. The fraction of sp³-hybridized carbons (Fsp3) is 0.720. The molecule has 2 atom stereocenters. The first-order valence-electron chi connectivity index (χ1n) is 12.2. The van der Waals surface area contributed by atoms with Gasteiger partial charge < -0.3 is 19.9 Å². The van der Waals surface area contributed by atoms with Gasteiger partial charge >= 0.3 is 6.18 Å². The number of nitrogens with one attached hydrogen (secondary N) is 1. The van der Waals surface area contributed by atoms with E-state index in [1.54, 1.807) is 6.07 Å². The molecule has 2 heterocycles. The van der Waals surface area contributed by atoms with Crippen LogP contribution >= 0.6 is 0 Å². The number of ether oxygens (including phenoxy) is 1. The van der Waals surface area contributed by atoms with Crippen molar-refractivity contribution in [1.29, 1.82) is 0 Å². The van der Waals surface area contributed by atoms with Crippen LogP contribution in [0.2, 0.25) is 0 Å². The molecule has 0 radical (unpaired) electrons. The fourth-order valence-electron chi connectivity index (χ4n) is 5.74. The number of nitrogens with zero attached hydrogens (tertiary/aromatic N) is 2. The fourth-order valence-corrected chi connectivity index (χ4v) is 5.74. The Balaban J connectivity index is 1.37. The Morgan fingerprint density at radius 2 is 1.79 bits per heavy atom. The first-order chi connectivity index (χ1) is 15.7. The maximum Gasteiger partial charge on any atom is 0.416 e. The van der Waals surface area contributed by atoms with Crippen LogP contribution < -0.4 is 10.2 Å². The lowest BCUT2D eigenvalue weighted by atomic mass is 9.74. The van der Waals surface area contributed by atoms with Crippen molar-refractivity contribution in [3.63, 3.8) is 0 Å². The molecule has 1 amide bonds. The Morgan fingerprint density at radius 3 is 2.42 bits per heavy atom. The van der Waals surface area contributed by atoms with Gasteiger partial charge in [-0.15, -0.1) is 0 Å². The van der Waals surface area contributed by atoms with E-state index >= 15 is 0 Å². The molecule has 0 bridgehead atoms. The molecule has 1 aliphatic carbocycles. The first kappa shape index (κ1) is 24.3. The van der Waals surface area contributed by atoms with Gasteiger partial charge in [0.05, 0.1) is 11.0 Å². The van der Waals surface area contributed by atoms with Crippen LogP contribution in [0.5, 0.6) is 0 Å². The van der Waals surface area contributed by atoms with Crippen LogP contribution in [-0.4, -0.2) is 62.3 Å². The predicted octanol–water partition coefficient (Wildman–Crippen LogP) is 4.32. The Bertz CT molecular complexity index is 817. The minimum Gasteiger partial charge on any atom is -0.381 e. The van der Waals surface area contributed by atoms with Crippen LogP contribution in [-0.2, 0) is 15.7 Å². The number of carbonyl (C=O) groups excluding carboxylic acids is 1. The van der Waals surface area contributed by atoms with Crippen LogP contribution in [0.3, 0.4) is 0 Å². The Hall–Kier alpha value is -1.80. The molecule has 1 N–H and O–H groups in total. The third kappa shape index (κ3) is 5.32. The van der Waals surface area contributed by atoms with Crippen molar-refractivity contribution < 1.29 is 22.7 Å². The number of hydrogen-bond acceptors (Lipinski definition) is 4. The van der Waals surface area contributed by atoms with Crippen molar-refractivity contribution in [3.05, 3.63) is 29.8 Å². The smallest absolute Gasteiger partial charge is 0.381 e. The van der Waals surface area contributed by atoms with E-state index < -0.39 is 11.7 Å². The zero-order valence-corrected chi connectivity index (χ0v) is 19.7. The molecular weight excluding hydrogens is 431 g/mol. The van der Waals surface area contributed by atoms with Gasteiger partial charge in [0.1, 0.15) is 0 Å². The molecule has 4 rings (SSSR count). The monoisotopic (exact) mass is 467 g/mol. The largest absolute Gasteiger partial charge is 0.416 e. The second-order valence-corrected chi connectivity index (χ2v) is 10.1. The van der Waals surface area contributed by atoms with Gasteiger partial charge in [-0.2, -0.15) is 13.2 Å². The number of rotatable bonds is 5. The van der Waals surface area contributed by atoms with E-state index in [9.17, 15) is 18.0 Å². The quantitative estimate of drug-likeness (QED) is 0.701. The van der Waals surface area contributed by atoms with Crippen LogP contribution in [0.1, 0.15) is 51.5 Å². The first-order valence-corrected chi connectivity index (χ1v) is 12.2. The SMILES string of the molecule is CC(C)C1(C(=O)N2CCN(c3cccc(C(F)(F)F)c3)CC2)CCC(NC2CCOCC2)C1. The van der Waals surface area contributed by atoms with Crippen LogP contribution in [0.15, 0.2) is 24.3 Å². The zero-order chi connectivity index (χ0) is 23.6. The lowest BCUT2D eigenvalue weighted by molar-refractivity contribution is -0.145. The number of anilines is 1. The average Bonchev–Trinajstić information content (AvgIpc) is 3.24. The van der Waals surface area contributed by atoms with E-state index in [-0.39, 0.29) is 17.2 Å². The zero-order valence-electron chi connectivity index (χ0n) is 19.7. The van der Waals surface area contributed by atoms with E-state index in [1.165, 1.54) is 12.1 Å². The van der Waals surface area contributed by atoms with Crippen molar-refractivity contribution in [2.75, 3.05) is 44.3 Å². The molecule has 0 aromatic heterocycles. The standard InChI is InChI=1S/C25H36F3N3O2/c1-18(2)24(9-6-21(17-24)29-20-7-14-33-15-8-20)23(32)31-12-10-30(11-13-31)22-5-3-4-19(16-22)25(26,27)28/h3-5,16,18,20-21,29H,6-15,17H2,1-2H3. The van der Waals surface area contributed by atoms with Crippen molar-refractivity contribution in [2.24, 2.45) is 11.3 Å². The number of hydrogen-bond donors (Lipinski definition) is 1. The van der Waals surface area contributed by atoms with E-state index in [2.05, 4.69) is 19.2 Å². The van der Waals surface area contributed by atoms with Crippen LogP contribution in [0, 0.1) is 11.3 Å². The minimum absolute atomic E-state index is 0.220. The number of amides is 1. The van der Waals surface area contributed by atoms with Gasteiger partial charge in [0.25, 0.3) is 0 Å². The van der Waals surface area contributed by atoms with Crippen LogP contribution in [0.4, 0.5) is 18.9 Å². The third-order valence-electron chi connectivity index (χ3n) is 7.88. The second-order valence-electron chi connectivity index (χ2n) is 10.1.